The van der Waals surface area contributed by atoms with Crippen LogP contribution in [0.4, 0.5) is 0 Å². The SMILES string of the molecule is COCCn1nnc2cc(S(=O)(=O)N3CCCC[C@@H]3C(=O)NC3CCCCCC3)ccc21. The van der Waals surface area contributed by atoms with Crippen molar-refractivity contribution in [1.29, 1.82) is 0 Å². The van der Waals surface area contributed by atoms with Crippen molar-refractivity contribution >= 4 is 27.0 Å². The van der Waals surface area contributed by atoms with Gasteiger partial charge >= 0.3 is 0 Å². The molecule has 0 radical (unpaired) electrons. The fraction of sp³-hybridized carbons (Fsp3) is 0.682. The number of nitrogens with one attached hydrogen (secondary N) is 1. The number of benzene rings is 1. The molecule has 4 rings (SSSR count). The van der Waals surface area contributed by atoms with Crippen LogP contribution in [0.15, 0.2) is 23.1 Å². The van der Waals surface area contributed by atoms with E-state index in [0.717, 1.165) is 44.0 Å². The maximum absolute atomic E-state index is 13.5. The van der Waals surface area contributed by atoms with Gasteiger partial charge in [-0.25, -0.2) is 13.1 Å². The van der Waals surface area contributed by atoms with Gasteiger partial charge < -0.3 is 10.1 Å². The van der Waals surface area contributed by atoms with E-state index in [1.807, 2.05) is 0 Å². The highest BCUT2D eigenvalue weighted by atomic mass is 32.2. The van der Waals surface area contributed by atoms with Gasteiger partial charge in [-0.3, -0.25) is 4.79 Å². The molecule has 176 valence electrons. The molecule has 1 aromatic heterocycles. The van der Waals surface area contributed by atoms with Crippen LogP contribution in [-0.2, 0) is 26.1 Å². The Kier molecular flexibility index (Phi) is 7.42. The Bertz CT molecular complexity index is 1030. The van der Waals surface area contributed by atoms with Crippen LogP contribution in [0, 0.1) is 0 Å². The number of ether oxygens (including phenoxy) is 1. The maximum Gasteiger partial charge on any atom is 0.243 e. The van der Waals surface area contributed by atoms with E-state index in [4.69, 9.17) is 4.74 Å². The van der Waals surface area contributed by atoms with Crippen LogP contribution in [0.5, 0.6) is 0 Å². The van der Waals surface area contributed by atoms with Gasteiger partial charge in [0.15, 0.2) is 0 Å². The van der Waals surface area contributed by atoms with Gasteiger partial charge in [-0.2, -0.15) is 4.31 Å². The highest BCUT2D eigenvalue weighted by Gasteiger charge is 2.38. The largest absolute Gasteiger partial charge is 0.383 e. The van der Waals surface area contributed by atoms with Crippen LogP contribution in [0.3, 0.4) is 0 Å². The molecule has 2 aliphatic rings. The number of nitrogens with zero attached hydrogens (tertiary/aromatic N) is 4. The Balaban J connectivity index is 1.54. The summed E-state index contributed by atoms with van der Waals surface area (Å²) in [6.07, 6.45) is 8.73. The second kappa shape index (κ2) is 10.3. The lowest BCUT2D eigenvalue weighted by Crippen LogP contribution is -2.53. The van der Waals surface area contributed by atoms with E-state index in [2.05, 4.69) is 15.6 Å². The molecule has 1 aromatic carbocycles. The third-order valence-corrected chi connectivity index (χ3v) is 8.46. The number of piperidine rings is 1. The van der Waals surface area contributed by atoms with Crippen LogP contribution in [0.25, 0.3) is 11.0 Å². The van der Waals surface area contributed by atoms with E-state index in [-0.39, 0.29) is 16.8 Å². The third kappa shape index (κ3) is 4.97. The minimum atomic E-state index is -3.83. The molecule has 0 spiro atoms. The number of sulfonamides is 1. The van der Waals surface area contributed by atoms with Crippen molar-refractivity contribution in [3.63, 3.8) is 0 Å². The first-order chi connectivity index (χ1) is 15.5. The summed E-state index contributed by atoms with van der Waals surface area (Å²) in [5.41, 5.74) is 1.26. The van der Waals surface area contributed by atoms with E-state index in [1.54, 1.807) is 30.0 Å². The van der Waals surface area contributed by atoms with Crippen LogP contribution in [0.1, 0.15) is 57.8 Å². The van der Waals surface area contributed by atoms with E-state index in [9.17, 15) is 13.2 Å². The molecule has 10 heteroatoms. The molecule has 1 atom stereocenters. The lowest BCUT2D eigenvalue weighted by molar-refractivity contribution is -0.126. The minimum Gasteiger partial charge on any atom is -0.383 e. The fourth-order valence-corrected chi connectivity index (χ4v) is 6.44. The highest BCUT2D eigenvalue weighted by molar-refractivity contribution is 7.89. The number of hydrogen-bond donors (Lipinski definition) is 1. The second-order valence-corrected chi connectivity index (χ2v) is 10.7. The van der Waals surface area contributed by atoms with Gasteiger partial charge in [0.2, 0.25) is 15.9 Å². The number of amides is 1. The normalized spacial score (nSPS) is 21.5. The second-order valence-electron chi connectivity index (χ2n) is 8.78. The van der Waals surface area contributed by atoms with Crippen molar-refractivity contribution in [3.8, 4) is 0 Å². The summed E-state index contributed by atoms with van der Waals surface area (Å²) < 4.78 is 35.3. The maximum atomic E-state index is 13.5. The summed E-state index contributed by atoms with van der Waals surface area (Å²) in [6.45, 7) is 1.38. The first-order valence-electron chi connectivity index (χ1n) is 11.6. The van der Waals surface area contributed by atoms with Crippen LogP contribution < -0.4 is 5.32 Å². The number of aromatic nitrogens is 3. The predicted molar refractivity (Wildman–Crippen MR) is 121 cm³/mol. The van der Waals surface area contributed by atoms with Gasteiger partial charge in [0.25, 0.3) is 0 Å². The first kappa shape index (κ1) is 23.1. The van der Waals surface area contributed by atoms with Gasteiger partial charge in [0.1, 0.15) is 11.6 Å². The molecule has 1 saturated heterocycles. The number of carbonyl (C=O) groups is 1. The molecule has 32 heavy (non-hydrogen) atoms. The van der Waals surface area contributed by atoms with Crippen molar-refractivity contribution in [1.82, 2.24) is 24.6 Å². The van der Waals surface area contributed by atoms with E-state index >= 15 is 0 Å². The zero-order chi connectivity index (χ0) is 22.6. The van der Waals surface area contributed by atoms with Crippen molar-refractivity contribution in [2.45, 2.75) is 81.3 Å². The van der Waals surface area contributed by atoms with E-state index in [1.165, 1.54) is 17.1 Å². The standard InChI is InChI=1S/C22H33N5O4S/c1-31-15-14-26-20-12-11-18(16-19(20)24-25-26)32(29,30)27-13-7-6-10-21(27)22(28)23-17-8-4-2-3-5-9-17/h11-12,16-17,21H,2-10,13-15H2,1H3,(H,23,28)/t21-/m1/s1. The molecule has 2 heterocycles. The van der Waals surface area contributed by atoms with Gasteiger partial charge in [0, 0.05) is 19.7 Å². The molecular formula is C22H33N5O4S. The van der Waals surface area contributed by atoms with Crippen molar-refractivity contribution in [3.05, 3.63) is 18.2 Å². The lowest BCUT2D eigenvalue weighted by atomic mass is 10.0. The molecule has 1 N–H and O–H groups in total. The monoisotopic (exact) mass is 463 g/mol. The number of rotatable bonds is 7. The van der Waals surface area contributed by atoms with Gasteiger partial charge in [0.05, 0.1) is 23.6 Å². The number of methoxy groups -OCH3 is 1. The molecule has 2 aromatic rings. The molecule has 1 saturated carbocycles. The van der Waals surface area contributed by atoms with Crippen LogP contribution in [0.2, 0.25) is 0 Å². The Hall–Kier alpha value is -2.04. The summed E-state index contributed by atoms with van der Waals surface area (Å²) in [5, 5.41) is 11.4. The Morgan fingerprint density at radius 2 is 1.88 bits per heavy atom. The van der Waals surface area contributed by atoms with Crippen molar-refractivity contribution < 1.29 is 17.9 Å². The first-order valence-corrected chi connectivity index (χ1v) is 13.1. The Morgan fingerprint density at radius 1 is 1.12 bits per heavy atom. The summed E-state index contributed by atoms with van der Waals surface area (Å²) in [5.74, 6) is -0.160. The summed E-state index contributed by atoms with van der Waals surface area (Å²) in [6, 6.07) is 4.34. The van der Waals surface area contributed by atoms with E-state index < -0.39 is 16.1 Å². The quantitative estimate of drug-likeness (QED) is 0.632. The van der Waals surface area contributed by atoms with Crippen molar-refractivity contribution in [2.24, 2.45) is 0 Å². The van der Waals surface area contributed by atoms with E-state index in [0.29, 0.717) is 31.6 Å². The predicted octanol–water partition coefficient (Wildman–Crippen LogP) is 2.46. The van der Waals surface area contributed by atoms with Gasteiger partial charge in [-0.15, -0.1) is 5.10 Å². The zero-order valence-corrected chi connectivity index (χ0v) is 19.5. The molecule has 1 amide bonds. The summed E-state index contributed by atoms with van der Waals surface area (Å²) in [7, 11) is -2.22. The smallest absolute Gasteiger partial charge is 0.243 e. The molecule has 0 unspecified atom stereocenters. The van der Waals surface area contributed by atoms with Crippen LogP contribution >= 0.6 is 0 Å². The molecule has 1 aliphatic heterocycles. The topological polar surface area (TPSA) is 106 Å². The molecule has 0 bridgehead atoms. The average molecular weight is 464 g/mol. The fourth-order valence-electron chi connectivity index (χ4n) is 4.77. The van der Waals surface area contributed by atoms with Gasteiger partial charge in [-0.1, -0.05) is 37.3 Å². The highest BCUT2D eigenvalue weighted by Crippen LogP contribution is 2.28. The summed E-state index contributed by atoms with van der Waals surface area (Å²) in [4.78, 5) is 13.3. The van der Waals surface area contributed by atoms with Crippen LogP contribution in [-0.4, -0.2) is 66.0 Å². The Morgan fingerprint density at radius 3 is 2.62 bits per heavy atom. The third-order valence-electron chi connectivity index (χ3n) is 6.56. The Labute approximate surface area is 189 Å². The molecule has 9 nitrogen and oxygen atoms in total. The number of carbonyl (C=O) groups excluding carboxylic acids is 1. The molecular weight excluding hydrogens is 430 g/mol. The van der Waals surface area contributed by atoms with Crippen molar-refractivity contribution in [2.75, 3.05) is 20.3 Å². The van der Waals surface area contributed by atoms with Gasteiger partial charge in [-0.05, 0) is 43.9 Å². The lowest BCUT2D eigenvalue weighted by Gasteiger charge is -2.34. The number of fused-ring (bicyclic) bond motifs is 1. The summed E-state index contributed by atoms with van der Waals surface area (Å²) >= 11 is 0. The zero-order valence-electron chi connectivity index (χ0n) is 18.7. The average Bonchev–Trinajstić information content (AvgIpc) is 3.03. The molecule has 1 aliphatic carbocycles. The molecule has 2 fully saturated rings. The minimum absolute atomic E-state index is 0.148. The number of hydrogen-bond acceptors (Lipinski definition) is 6.